The molecule has 3 rings (SSSR count). The van der Waals surface area contributed by atoms with Crippen LogP contribution in [0.15, 0.2) is 53.4 Å². The van der Waals surface area contributed by atoms with Gasteiger partial charge in [-0.2, -0.15) is 4.31 Å². The van der Waals surface area contributed by atoms with Crippen LogP contribution in [0.5, 0.6) is 5.75 Å². The minimum Gasteiger partial charge on any atom is -0.494 e. The molecule has 2 aromatic carbocycles. The monoisotopic (exact) mass is 430 g/mol. The summed E-state index contributed by atoms with van der Waals surface area (Å²) in [6.07, 6.45) is 2.77. The van der Waals surface area contributed by atoms with E-state index >= 15 is 0 Å². The van der Waals surface area contributed by atoms with E-state index in [4.69, 9.17) is 4.74 Å². The van der Waals surface area contributed by atoms with E-state index in [0.29, 0.717) is 18.7 Å². The predicted molar refractivity (Wildman–Crippen MR) is 117 cm³/mol. The molecule has 0 bridgehead atoms. The molecule has 1 saturated heterocycles. The molecular formula is C23H30N2O4S. The fourth-order valence-corrected chi connectivity index (χ4v) is 5.49. The molecule has 6 nitrogen and oxygen atoms in total. The van der Waals surface area contributed by atoms with Crippen molar-refractivity contribution in [2.45, 2.75) is 57.0 Å². The summed E-state index contributed by atoms with van der Waals surface area (Å²) in [6.45, 7) is 6.88. The largest absolute Gasteiger partial charge is 0.494 e. The highest BCUT2D eigenvalue weighted by Gasteiger charge is 2.31. The fourth-order valence-electron chi connectivity index (χ4n) is 3.74. The number of nitrogens with one attached hydrogen (secondary N) is 1. The number of nitrogens with zero attached hydrogens (tertiary/aromatic N) is 1. The lowest BCUT2D eigenvalue weighted by Gasteiger charge is -2.32. The average molecular weight is 431 g/mol. The van der Waals surface area contributed by atoms with Crippen molar-refractivity contribution in [1.29, 1.82) is 0 Å². The van der Waals surface area contributed by atoms with E-state index in [9.17, 15) is 13.2 Å². The maximum Gasteiger partial charge on any atom is 0.251 e. The smallest absolute Gasteiger partial charge is 0.251 e. The van der Waals surface area contributed by atoms with E-state index in [1.807, 2.05) is 45.0 Å². The highest BCUT2D eigenvalue weighted by atomic mass is 32.2. The predicted octanol–water partition coefficient (Wildman–Crippen LogP) is 4.14. The number of rotatable bonds is 7. The number of amides is 1. The van der Waals surface area contributed by atoms with Crippen molar-refractivity contribution in [1.82, 2.24) is 9.62 Å². The Morgan fingerprint density at radius 3 is 2.60 bits per heavy atom. The van der Waals surface area contributed by atoms with Crippen molar-refractivity contribution in [2.24, 2.45) is 0 Å². The Morgan fingerprint density at radius 2 is 1.93 bits per heavy atom. The van der Waals surface area contributed by atoms with Crippen LogP contribution in [0.2, 0.25) is 0 Å². The van der Waals surface area contributed by atoms with Crippen LogP contribution in [-0.2, 0) is 10.0 Å². The number of carbonyl (C=O) groups is 1. The highest BCUT2D eigenvalue weighted by molar-refractivity contribution is 7.89. The van der Waals surface area contributed by atoms with Crippen molar-refractivity contribution < 1.29 is 17.9 Å². The van der Waals surface area contributed by atoms with Crippen molar-refractivity contribution >= 4 is 15.9 Å². The summed E-state index contributed by atoms with van der Waals surface area (Å²) in [6, 6.07) is 13.6. The Hall–Kier alpha value is -2.38. The molecule has 2 aromatic rings. The molecule has 0 spiro atoms. The summed E-state index contributed by atoms with van der Waals surface area (Å²) in [4.78, 5) is 12.9. The average Bonchev–Trinajstić information content (AvgIpc) is 2.74. The van der Waals surface area contributed by atoms with Gasteiger partial charge in [-0.3, -0.25) is 4.79 Å². The summed E-state index contributed by atoms with van der Waals surface area (Å²) < 4.78 is 33.2. The van der Waals surface area contributed by atoms with Crippen LogP contribution in [0, 0.1) is 0 Å². The molecule has 2 unspecified atom stereocenters. The number of piperidine rings is 1. The standard InChI is InChI=1S/C23H30N2O4S/c1-4-29-21-13-11-19(12-14-21)18(3)24-23(26)20-9-7-10-22(16-20)30(27,28)25-15-6-5-8-17(25)2/h7,9-14,16-18H,4-6,8,15H2,1-3H3,(H,24,26). The Balaban J connectivity index is 1.74. The Bertz CT molecular complexity index is 973. The van der Waals surface area contributed by atoms with E-state index < -0.39 is 10.0 Å². The SMILES string of the molecule is CCOc1ccc(C(C)NC(=O)c2cccc(S(=O)(=O)N3CCCCC3C)c2)cc1. The van der Waals surface area contributed by atoms with Gasteiger partial charge in [0.25, 0.3) is 5.91 Å². The van der Waals surface area contributed by atoms with Gasteiger partial charge in [-0.05, 0) is 69.5 Å². The van der Waals surface area contributed by atoms with E-state index in [1.165, 1.54) is 6.07 Å². The third-order valence-corrected chi connectivity index (χ3v) is 7.49. The zero-order chi connectivity index (χ0) is 21.7. The summed E-state index contributed by atoms with van der Waals surface area (Å²) in [7, 11) is -3.62. The molecular weight excluding hydrogens is 400 g/mol. The Labute approximate surface area is 179 Å². The van der Waals surface area contributed by atoms with Crippen molar-refractivity contribution in [3.8, 4) is 5.75 Å². The molecule has 1 aliphatic heterocycles. The van der Waals surface area contributed by atoms with E-state index in [1.54, 1.807) is 22.5 Å². The van der Waals surface area contributed by atoms with Gasteiger partial charge in [-0.1, -0.05) is 24.6 Å². The van der Waals surface area contributed by atoms with Crippen LogP contribution < -0.4 is 10.1 Å². The van der Waals surface area contributed by atoms with Gasteiger partial charge in [0.1, 0.15) is 5.75 Å². The molecule has 0 aliphatic carbocycles. The summed E-state index contributed by atoms with van der Waals surface area (Å²) in [5.74, 6) is 0.477. The van der Waals surface area contributed by atoms with Crippen molar-refractivity contribution in [3.05, 3.63) is 59.7 Å². The molecule has 7 heteroatoms. The van der Waals surface area contributed by atoms with Crippen LogP contribution in [0.1, 0.15) is 62.0 Å². The summed E-state index contributed by atoms with van der Waals surface area (Å²) in [5, 5.41) is 2.94. The number of carbonyl (C=O) groups excluding carboxylic acids is 1. The van der Waals surface area contributed by atoms with E-state index in [-0.39, 0.29) is 22.9 Å². The molecule has 0 radical (unpaired) electrons. The van der Waals surface area contributed by atoms with Gasteiger partial charge in [0.15, 0.2) is 0 Å². The van der Waals surface area contributed by atoms with Crippen LogP contribution in [0.3, 0.4) is 0 Å². The topological polar surface area (TPSA) is 75.7 Å². The Morgan fingerprint density at radius 1 is 1.20 bits per heavy atom. The Kier molecular flexibility index (Phi) is 7.15. The zero-order valence-electron chi connectivity index (χ0n) is 17.8. The lowest BCUT2D eigenvalue weighted by atomic mass is 10.1. The summed E-state index contributed by atoms with van der Waals surface area (Å²) >= 11 is 0. The molecule has 162 valence electrons. The third-order valence-electron chi connectivity index (χ3n) is 5.48. The maximum atomic E-state index is 13.1. The molecule has 1 fully saturated rings. The molecule has 0 aromatic heterocycles. The quantitative estimate of drug-likeness (QED) is 0.716. The van der Waals surface area contributed by atoms with Gasteiger partial charge in [-0.15, -0.1) is 0 Å². The van der Waals surface area contributed by atoms with Gasteiger partial charge < -0.3 is 10.1 Å². The molecule has 1 aliphatic rings. The maximum absolute atomic E-state index is 13.1. The second kappa shape index (κ2) is 9.62. The minimum atomic E-state index is -3.62. The lowest BCUT2D eigenvalue weighted by Crippen LogP contribution is -2.42. The van der Waals surface area contributed by atoms with Gasteiger partial charge in [0, 0.05) is 18.2 Å². The van der Waals surface area contributed by atoms with Gasteiger partial charge in [0.2, 0.25) is 10.0 Å². The van der Waals surface area contributed by atoms with Crippen LogP contribution in [0.25, 0.3) is 0 Å². The number of sulfonamides is 1. The number of ether oxygens (including phenoxy) is 1. The molecule has 1 N–H and O–H groups in total. The molecule has 0 saturated carbocycles. The second-order valence-electron chi connectivity index (χ2n) is 7.69. The first-order valence-corrected chi connectivity index (χ1v) is 11.9. The van der Waals surface area contributed by atoms with E-state index in [2.05, 4.69) is 5.32 Å². The highest BCUT2D eigenvalue weighted by Crippen LogP contribution is 2.26. The van der Waals surface area contributed by atoms with Gasteiger partial charge >= 0.3 is 0 Å². The molecule has 30 heavy (non-hydrogen) atoms. The first-order valence-electron chi connectivity index (χ1n) is 10.5. The molecule has 1 heterocycles. The van der Waals surface area contributed by atoms with Crippen molar-refractivity contribution in [3.63, 3.8) is 0 Å². The van der Waals surface area contributed by atoms with Gasteiger partial charge in [-0.25, -0.2) is 8.42 Å². The van der Waals surface area contributed by atoms with Gasteiger partial charge in [0.05, 0.1) is 17.5 Å². The number of hydrogen-bond acceptors (Lipinski definition) is 4. The molecule has 1 amide bonds. The van der Waals surface area contributed by atoms with Crippen LogP contribution in [-0.4, -0.2) is 37.8 Å². The first kappa shape index (κ1) is 22.3. The lowest BCUT2D eigenvalue weighted by molar-refractivity contribution is 0.0939. The first-order chi connectivity index (χ1) is 14.3. The zero-order valence-corrected chi connectivity index (χ0v) is 18.6. The minimum absolute atomic E-state index is 0.0269. The number of benzene rings is 2. The van der Waals surface area contributed by atoms with Crippen LogP contribution in [0.4, 0.5) is 0 Å². The second-order valence-corrected chi connectivity index (χ2v) is 9.58. The fraction of sp³-hybridized carbons (Fsp3) is 0.435. The summed E-state index contributed by atoms with van der Waals surface area (Å²) in [5.41, 5.74) is 1.27. The number of hydrogen-bond donors (Lipinski definition) is 1. The van der Waals surface area contributed by atoms with Crippen LogP contribution >= 0.6 is 0 Å². The third kappa shape index (κ3) is 5.02. The normalized spacial score (nSPS) is 18.6. The van der Waals surface area contributed by atoms with Crippen molar-refractivity contribution in [2.75, 3.05) is 13.2 Å². The van der Waals surface area contributed by atoms with E-state index in [0.717, 1.165) is 30.6 Å². The molecule has 2 atom stereocenters.